The van der Waals surface area contributed by atoms with Gasteiger partial charge in [0.25, 0.3) is 0 Å². The van der Waals surface area contributed by atoms with Crippen LogP contribution in [0.1, 0.15) is 18.4 Å². The van der Waals surface area contributed by atoms with Crippen molar-refractivity contribution in [3.05, 3.63) is 34.6 Å². The van der Waals surface area contributed by atoms with Gasteiger partial charge >= 0.3 is 5.97 Å². The summed E-state index contributed by atoms with van der Waals surface area (Å²) in [5, 5.41) is 3.53. The molecule has 0 saturated heterocycles. The van der Waals surface area contributed by atoms with E-state index in [0.29, 0.717) is 5.56 Å². The molecule has 0 aliphatic heterocycles. The normalized spacial score (nSPS) is 15.4. The van der Waals surface area contributed by atoms with Gasteiger partial charge in [-0.15, -0.1) is 0 Å². The maximum Gasteiger partial charge on any atom is 0.338 e. The Hall–Kier alpha value is -1.42. The van der Waals surface area contributed by atoms with Crippen molar-refractivity contribution in [2.75, 3.05) is 0 Å². The van der Waals surface area contributed by atoms with E-state index < -0.39 is 5.82 Å². The standard InChI is InChI=1S/C11H9ClFNO2/c12-9-5-7(1-4-10(9)13)6-14-16-11(15)8-2-3-8/h1,4-6,8H,2-3H2. The first-order valence-corrected chi connectivity index (χ1v) is 5.24. The average Bonchev–Trinajstić information content (AvgIpc) is 3.07. The minimum absolute atomic E-state index is 0.00829. The second-order valence-electron chi connectivity index (χ2n) is 3.59. The Morgan fingerprint density at radius 1 is 1.56 bits per heavy atom. The van der Waals surface area contributed by atoms with Crippen LogP contribution in [-0.2, 0) is 9.63 Å². The quantitative estimate of drug-likeness (QED) is 0.464. The fraction of sp³-hybridized carbons (Fsp3) is 0.273. The molecule has 1 aliphatic carbocycles. The third-order valence-electron chi connectivity index (χ3n) is 2.20. The lowest BCUT2D eigenvalue weighted by atomic mass is 10.2. The van der Waals surface area contributed by atoms with Crippen molar-refractivity contribution in [2.24, 2.45) is 11.1 Å². The first kappa shape index (κ1) is 11.1. The average molecular weight is 242 g/mol. The molecule has 0 radical (unpaired) electrons. The number of benzene rings is 1. The molecule has 1 fully saturated rings. The number of halogens is 2. The van der Waals surface area contributed by atoms with Crippen LogP contribution in [0.25, 0.3) is 0 Å². The van der Waals surface area contributed by atoms with Gasteiger partial charge in [-0.25, -0.2) is 9.18 Å². The summed E-state index contributed by atoms with van der Waals surface area (Å²) in [7, 11) is 0. The third kappa shape index (κ3) is 2.79. The monoisotopic (exact) mass is 241 g/mol. The number of carbonyl (C=O) groups is 1. The molecule has 0 spiro atoms. The van der Waals surface area contributed by atoms with Crippen molar-refractivity contribution >= 4 is 23.8 Å². The minimum Gasteiger partial charge on any atom is -0.318 e. The second-order valence-corrected chi connectivity index (χ2v) is 4.00. The lowest BCUT2D eigenvalue weighted by Gasteiger charge is -1.96. The van der Waals surface area contributed by atoms with Gasteiger partial charge in [0.1, 0.15) is 5.82 Å². The summed E-state index contributed by atoms with van der Waals surface area (Å²) >= 11 is 5.57. The molecule has 0 unspecified atom stereocenters. The van der Waals surface area contributed by atoms with E-state index in [4.69, 9.17) is 11.6 Å². The van der Waals surface area contributed by atoms with Crippen LogP contribution in [0.3, 0.4) is 0 Å². The highest BCUT2D eigenvalue weighted by Crippen LogP contribution is 2.30. The number of rotatable bonds is 3. The summed E-state index contributed by atoms with van der Waals surface area (Å²) in [4.78, 5) is 15.7. The molecule has 1 aromatic carbocycles. The molecule has 0 heterocycles. The maximum absolute atomic E-state index is 12.8. The van der Waals surface area contributed by atoms with Gasteiger partial charge in [-0.3, -0.25) is 0 Å². The molecule has 2 rings (SSSR count). The van der Waals surface area contributed by atoms with Gasteiger partial charge in [0, 0.05) is 0 Å². The fourth-order valence-corrected chi connectivity index (χ4v) is 1.31. The van der Waals surface area contributed by atoms with E-state index in [0.717, 1.165) is 12.8 Å². The lowest BCUT2D eigenvalue weighted by molar-refractivity contribution is -0.145. The summed E-state index contributed by atoms with van der Waals surface area (Å²) in [6.07, 6.45) is 3.07. The SMILES string of the molecule is O=C(ON=Cc1ccc(F)c(Cl)c1)C1CC1. The largest absolute Gasteiger partial charge is 0.338 e. The molecule has 1 aromatic rings. The van der Waals surface area contributed by atoms with Gasteiger partial charge in [0.2, 0.25) is 0 Å². The highest BCUT2D eigenvalue weighted by Gasteiger charge is 2.31. The Morgan fingerprint density at radius 2 is 2.31 bits per heavy atom. The van der Waals surface area contributed by atoms with Crippen LogP contribution in [0.4, 0.5) is 4.39 Å². The van der Waals surface area contributed by atoms with Crippen LogP contribution < -0.4 is 0 Å². The molecule has 0 atom stereocenters. The predicted octanol–water partition coefficient (Wildman–Crippen LogP) is 2.77. The van der Waals surface area contributed by atoms with E-state index in [1.54, 1.807) is 0 Å². The van der Waals surface area contributed by atoms with Crippen LogP contribution in [0.15, 0.2) is 23.4 Å². The van der Waals surface area contributed by atoms with Gasteiger partial charge in [0.05, 0.1) is 17.2 Å². The molecule has 16 heavy (non-hydrogen) atoms. The zero-order valence-corrected chi connectivity index (χ0v) is 9.08. The molecule has 5 heteroatoms. The maximum atomic E-state index is 12.8. The van der Waals surface area contributed by atoms with Crippen LogP contribution in [0, 0.1) is 11.7 Å². The number of hydrogen-bond donors (Lipinski definition) is 0. The van der Waals surface area contributed by atoms with Crippen LogP contribution in [0.5, 0.6) is 0 Å². The van der Waals surface area contributed by atoms with Crippen molar-refractivity contribution in [1.29, 1.82) is 0 Å². The second kappa shape index (κ2) is 4.61. The molecule has 0 aromatic heterocycles. The summed E-state index contributed by atoms with van der Waals surface area (Å²) in [5.74, 6) is -0.799. The molecular formula is C11H9ClFNO2. The van der Waals surface area contributed by atoms with Crippen molar-refractivity contribution in [3.8, 4) is 0 Å². The number of carbonyl (C=O) groups excluding carboxylic acids is 1. The predicted molar refractivity (Wildman–Crippen MR) is 57.8 cm³/mol. The van der Waals surface area contributed by atoms with E-state index in [1.807, 2.05) is 0 Å². The molecule has 3 nitrogen and oxygen atoms in total. The number of nitrogens with zero attached hydrogens (tertiary/aromatic N) is 1. The van der Waals surface area contributed by atoms with E-state index in [9.17, 15) is 9.18 Å². The van der Waals surface area contributed by atoms with Gasteiger partial charge in [-0.1, -0.05) is 22.8 Å². The number of oxime groups is 1. The Labute approximate surface area is 96.8 Å². The van der Waals surface area contributed by atoms with Crippen molar-refractivity contribution in [3.63, 3.8) is 0 Å². The molecule has 84 valence electrons. The molecule has 1 saturated carbocycles. The molecule has 0 bridgehead atoms. The molecule has 0 N–H and O–H groups in total. The van der Waals surface area contributed by atoms with E-state index in [2.05, 4.69) is 9.99 Å². The summed E-state index contributed by atoms with van der Waals surface area (Å²) < 4.78 is 12.8. The highest BCUT2D eigenvalue weighted by atomic mass is 35.5. The molecule has 0 amide bonds. The first-order valence-electron chi connectivity index (χ1n) is 4.86. The van der Waals surface area contributed by atoms with Gasteiger partial charge < -0.3 is 4.84 Å². The first-order chi connectivity index (χ1) is 7.66. The van der Waals surface area contributed by atoms with Crippen molar-refractivity contribution in [1.82, 2.24) is 0 Å². The summed E-state index contributed by atoms with van der Waals surface area (Å²) in [6, 6.07) is 4.13. The Balaban J connectivity index is 1.94. The smallest absolute Gasteiger partial charge is 0.318 e. The lowest BCUT2D eigenvalue weighted by Crippen LogP contribution is -2.01. The Morgan fingerprint density at radius 3 is 2.94 bits per heavy atom. The van der Waals surface area contributed by atoms with Gasteiger partial charge in [0.15, 0.2) is 0 Å². The molecular weight excluding hydrogens is 233 g/mol. The zero-order valence-electron chi connectivity index (χ0n) is 8.32. The van der Waals surface area contributed by atoms with Crippen molar-refractivity contribution in [2.45, 2.75) is 12.8 Å². The summed E-state index contributed by atoms with van der Waals surface area (Å²) in [6.45, 7) is 0. The summed E-state index contributed by atoms with van der Waals surface area (Å²) in [5.41, 5.74) is 0.579. The van der Waals surface area contributed by atoms with Gasteiger partial charge in [-0.2, -0.15) is 0 Å². The van der Waals surface area contributed by atoms with Crippen LogP contribution >= 0.6 is 11.6 Å². The van der Waals surface area contributed by atoms with Crippen LogP contribution in [0.2, 0.25) is 5.02 Å². The number of hydrogen-bond acceptors (Lipinski definition) is 3. The highest BCUT2D eigenvalue weighted by molar-refractivity contribution is 6.31. The Bertz CT molecular complexity index is 444. The van der Waals surface area contributed by atoms with E-state index >= 15 is 0 Å². The third-order valence-corrected chi connectivity index (χ3v) is 2.49. The Kier molecular flexibility index (Phi) is 3.19. The minimum atomic E-state index is -0.492. The van der Waals surface area contributed by atoms with E-state index in [1.165, 1.54) is 24.4 Å². The topological polar surface area (TPSA) is 38.7 Å². The zero-order chi connectivity index (χ0) is 11.5. The fourth-order valence-electron chi connectivity index (χ4n) is 1.13. The van der Waals surface area contributed by atoms with E-state index in [-0.39, 0.29) is 16.9 Å². The molecule has 1 aliphatic rings. The van der Waals surface area contributed by atoms with Crippen LogP contribution in [-0.4, -0.2) is 12.2 Å². The van der Waals surface area contributed by atoms with Crippen molar-refractivity contribution < 1.29 is 14.0 Å². The van der Waals surface area contributed by atoms with Gasteiger partial charge in [-0.05, 0) is 30.5 Å².